The van der Waals surface area contributed by atoms with Gasteiger partial charge < -0.3 is 4.90 Å². The maximum Gasteiger partial charge on any atom is 0.0998 e. The second-order valence-corrected chi connectivity index (χ2v) is 13.7. The smallest absolute Gasteiger partial charge is 0.0998 e. The zero-order valence-electron chi connectivity index (χ0n) is 26.2. The van der Waals surface area contributed by atoms with E-state index in [1.807, 2.05) is 6.07 Å². The molecule has 214 valence electrons. The Morgan fingerprint density at radius 2 is 1.05 bits per heavy atom. The summed E-state index contributed by atoms with van der Waals surface area (Å²) in [6.45, 7) is 13.9. The molecule has 0 amide bonds. The molecule has 44 heavy (non-hydrogen) atoms. The Balaban J connectivity index is 1.42. The van der Waals surface area contributed by atoms with E-state index >= 15 is 0 Å². The number of anilines is 3. The third kappa shape index (κ3) is 3.79. The summed E-state index contributed by atoms with van der Waals surface area (Å²) in [5, 5.41) is 19.3. The van der Waals surface area contributed by atoms with Gasteiger partial charge in [0.25, 0.3) is 0 Å². The standard InChI is InChI=1S/C41H35N3/c1-39(2)31-19-16-27(30-18-15-26(24-42)21-28(30)25-43)22-35(31)41(5,6)36-23-29(17-20-32(36)39)44-37-13-9-7-11-33(37)40(3,4)34-12-8-10-14-38(34)44/h7-23H,1-6H3. The molecule has 1 aliphatic carbocycles. The van der Waals surface area contributed by atoms with Gasteiger partial charge in [0, 0.05) is 21.9 Å². The van der Waals surface area contributed by atoms with Crippen molar-refractivity contribution in [3.8, 4) is 23.3 Å². The number of rotatable bonds is 2. The Bertz CT molecular complexity index is 2030. The number of hydrogen-bond acceptors (Lipinski definition) is 3. The van der Waals surface area contributed by atoms with Gasteiger partial charge in [-0.3, -0.25) is 0 Å². The summed E-state index contributed by atoms with van der Waals surface area (Å²) in [6, 6.07) is 41.1. The monoisotopic (exact) mass is 569 g/mol. The van der Waals surface area contributed by atoms with E-state index in [2.05, 4.69) is 144 Å². The molecule has 1 aliphatic heterocycles. The summed E-state index contributed by atoms with van der Waals surface area (Å²) < 4.78 is 0. The largest absolute Gasteiger partial charge is 0.310 e. The molecule has 1 heterocycles. The van der Waals surface area contributed by atoms with E-state index in [-0.39, 0.29) is 16.2 Å². The molecule has 0 N–H and O–H groups in total. The van der Waals surface area contributed by atoms with Crippen molar-refractivity contribution < 1.29 is 0 Å². The minimum absolute atomic E-state index is 0.109. The second-order valence-electron chi connectivity index (χ2n) is 13.7. The van der Waals surface area contributed by atoms with Gasteiger partial charge in [-0.15, -0.1) is 0 Å². The van der Waals surface area contributed by atoms with E-state index in [1.165, 1.54) is 44.8 Å². The molecule has 3 nitrogen and oxygen atoms in total. The van der Waals surface area contributed by atoms with Crippen LogP contribution in [0.1, 0.15) is 86.1 Å². The fraction of sp³-hybridized carbons (Fsp3) is 0.220. The zero-order valence-corrected chi connectivity index (χ0v) is 26.2. The minimum Gasteiger partial charge on any atom is -0.310 e. The molecule has 0 spiro atoms. The van der Waals surface area contributed by atoms with Crippen LogP contribution in [0.4, 0.5) is 17.1 Å². The molecule has 2 aliphatic rings. The molecular weight excluding hydrogens is 534 g/mol. The molecule has 5 aromatic rings. The van der Waals surface area contributed by atoms with Crippen molar-refractivity contribution in [2.45, 2.75) is 57.8 Å². The summed E-state index contributed by atoms with van der Waals surface area (Å²) in [7, 11) is 0. The van der Waals surface area contributed by atoms with Crippen LogP contribution in [0.15, 0.2) is 103 Å². The fourth-order valence-electron chi connectivity index (χ4n) is 7.70. The molecule has 0 fully saturated rings. The van der Waals surface area contributed by atoms with E-state index in [0.29, 0.717) is 11.1 Å². The van der Waals surface area contributed by atoms with Crippen molar-refractivity contribution in [3.05, 3.63) is 148 Å². The number of hydrogen-bond donors (Lipinski definition) is 0. The lowest BCUT2D eigenvalue weighted by Gasteiger charge is -2.46. The van der Waals surface area contributed by atoms with Crippen molar-refractivity contribution in [1.29, 1.82) is 10.5 Å². The van der Waals surface area contributed by atoms with Crippen LogP contribution in [0, 0.1) is 22.7 Å². The van der Waals surface area contributed by atoms with Gasteiger partial charge in [-0.2, -0.15) is 10.5 Å². The van der Waals surface area contributed by atoms with Gasteiger partial charge in [0.15, 0.2) is 0 Å². The first-order valence-electron chi connectivity index (χ1n) is 15.2. The van der Waals surface area contributed by atoms with Crippen LogP contribution < -0.4 is 4.90 Å². The van der Waals surface area contributed by atoms with E-state index in [1.54, 1.807) is 12.1 Å². The van der Waals surface area contributed by atoms with Gasteiger partial charge >= 0.3 is 0 Å². The predicted octanol–water partition coefficient (Wildman–Crippen LogP) is 10.2. The van der Waals surface area contributed by atoms with Crippen LogP contribution >= 0.6 is 0 Å². The minimum atomic E-state index is -0.292. The van der Waals surface area contributed by atoms with Crippen LogP contribution in [0.5, 0.6) is 0 Å². The van der Waals surface area contributed by atoms with Crippen LogP contribution in [-0.4, -0.2) is 0 Å². The number of nitriles is 2. The highest BCUT2D eigenvalue weighted by molar-refractivity contribution is 5.86. The summed E-state index contributed by atoms with van der Waals surface area (Å²) in [6.07, 6.45) is 0. The van der Waals surface area contributed by atoms with Crippen molar-refractivity contribution in [1.82, 2.24) is 0 Å². The molecule has 3 heteroatoms. The highest BCUT2D eigenvalue weighted by Crippen LogP contribution is 2.55. The first kappa shape index (κ1) is 27.7. The number of fused-ring (bicyclic) bond motifs is 4. The zero-order chi connectivity index (χ0) is 31.0. The van der Waals surface area contributed by atoms with Crippen molar-refractivity contribution in [2.24, 2.45) is 0 Å². The van der Waals surface area contributed by atoms with Gasteiger partial charge in [-0.25, -0.2) is 0 Å². The lowest BCUT2D eigenvalue weighted by molar-refractivity contribution is 0.521. The Hall–Kier alpha value is -5.12. The average molecular weight is 570 g/mol. The van der Waals surface area contributed by atoms with Crippen LogP contribution in [0.3, 0.4) is 0 Å². The first-order valence-corrected chi connectivity index (χ1v) is 15.2. The third-order valence-electron chi connectivity index (χ3n) is 10.2. The summed E-state index contributed by atoms with van der Waals surface area (Å²) in [5.74, 6) is 0. The average Bonchev–Trinajstić information content (AvgIpc) is 3.03. The molecule has 0 bridgehead atoms. The lowest BCUT2D eigenvalue weighted by atomic mass is 9.59. The first-order chi connectivity index (χ1) is 21.0. The molecule has 0 saturated heterocycles. The van der Waals surface area contributed by atoms with Gasteiger partial charge in [0.1, 0.15) is 0 Å². The molecule has 0 aromatic heterocycles. The Morgan fingerprint density at radius 1 is 0.500 bits per heavy atom. The van der Waals surface area contributed by atoms with Gasteiger partial charge in [0.2, 0.25) is 0 Å². The summed E-state index contributed by atoms with van der Waals surface area (Å²) in [5.41, 5.74) is 13.7. The third-order valence-corrected chi connectivity index (χ3v) is 10.2. The molecule has 5 aromatic carbocycles. The Kier molecular flexibility index (Phi) is 5.94. The topological polar surface area (TPSA) is 50.8 Å². The van der Waals surface area contributed by atoms with E-state index in [4.69, 9.17) is 0 Å². The van der Waals surface area contributed by atoms with Crippen LogP contribution in [0.2, 0.25) is 0 Å². The van der Waals surface area contributed by atoms with E-state index < -0.39 is 0 Å². The summed E-state index contributed by atoms with van der Waals surface area (Å²) >= 11 is 0. The van der Waals surface area contributed by atoms with Gasteiger partial charge in [-0.1, -0.05) is 102 Å². The van der Waals surface area contributed by atoms with Crippen molar-refractivity contribution >= 4 is 17.1 Å². The maximum absolute atomic E-state index is 9.92. The fourth-order valence-corrected chi connectivity index (χ4v) is 7.70. The molecule has 0 radical (unpaired) electrons. The van der Waals surface area contributed by atoms with Crippen LogP contribution in [-0.2, 0) is 16.2 Å². The lowest BCUT2D eigenvalue weighted by Crippen LogP contribution is -2.37. The molecule has 0 unspecified atom stereocenters. The number of para-hydroxylation sites is 2. The molecule has 0 atom stereocenters. The van der Waals surface area contributed by atoms with Crippen LogP contribution in [0.25, 0.3) is 11.1 Å². The molecular formula is C41H35N3. The predicted molar refractivity (Wildman–Crippen MR) is 179 cm³/mol. The van der Waals surface area contributed by atoms with Crippen molar-refractivity contribution in [2.75, 3.05) is 4.90 Å². The summed E-state index contributed by atoms with van der Waals surface area (Å²) in [4.78, 5) is 2.43. The maximum atomic E-state index is 9.92. The number of nitrogens with zero attached hydrogens (tertiary/aromatic N) is 3. The van der Waals surface area contributed by atoms with Gasteiger partial charge in [-0.05, 0) is 87.0 Å². The normalized spacial score (nSPS) is 16.4. The number of benzene rings is 5. The van der Waals surface area contributed by atoms with Crippen molar-refractivity contribution in [3.63, 3.8) is 0 Å². The highest BCUT2D eigenvalue weighted by Gasteiger charge is 2.43. The highest BCUT2D eigenvalue weighted by atomic mass is 15.2. The second kappa shape index (κ2) is 9.44. The Labute approximate surface area is 260 Å². The quantitative estimate of drug-likeness (QED) is 0.212. The van der Waals surface area contributed by atoms with Gasteiger partial charge in [0.05, 0.1) is 34.6 Å². The Morgan fingerprint density at radius 3 is 1.66 bits per heavy atom. The van der Waals surface area contributed by atoms with E-state index in [9.17, 15) is 10.5 Å². The molecule has 0 saturated carbocycles. The SMILES string of the molecule is CC1(C)c2ccccc2N(c2ccc3c(c2)C(C)(C)c2cc(-c4ccc(C#N)cc4C#N)ccc2C3(C)C)c2ccccc21. The molecule has 7 rings (SSSR count). The van der Waals surface area contributed by atoms with E-state index in [0.717, 1.165) is 16.8 Å².